The van der Waals surface area contributed by atoms with E-state index in [1.54, 1.807) is 0 Å². The predicted molar refractivity (Wildman–Crippen MR) is 58.2 cm³/mol. The van der Waals surface area contributed by atoms with Crippen LogP contribution < -0.4 is 10.4 Å². The largest absolute Gasteiger partial charge is 0.362 e. The van der Waals surface area contributed by atoms with E-state index >= 15 is 0 Å². The van der Waals surface area contributed by atoms with Crippen molar-refractivity contribution in [3.63, 3.8) is 0 Å². The molecule has 0 unspecified atom stereocenters. The second-order valence-electron chi connectivity index (χ2n) is 4.21. The molecule has 0 spiro atoms. The molecule has 2 aliphatic rings. The fourth-order valence-corrected chi connectivity index (χ4v) is 2.44. The van der Waals surface area contributed by atoms with Gasteiger partial charge in [0.25, 0.3) is 0 Å². The van der Waals surface area contributed by atoms with Crippen molar-refractivity contribution in [2.75, 3.05) is 0 Å². The summed E-state index contributed by atoms with van der Waals surface area (Å²) in [5, 5.41) is 21.5. The second kappa shape index (κ2) is 2.81. The molecule has 0 fully saturated rings. The Morgan fingerprint density at radius 3 is 2.93 bits per heavy atom. The third kappa shape index (κ3) is 1.34. The van der Waals surface area contributed by atoms with E-state index in [0.717, 1.165) is 17.2 Å². The van der Waals surface area contributed by atoms with E-state index in [1.807, 2.05) is 18.2 Å². The van der Waals surface area contributed by atoms with Crippen LogP contribution in [-0.4, -0.2) is 16.0 Å². The van der Waals surface area contributed by atoms with Crippen LogP contribution in [0.15, 0.2) is 30.4 Å². The first-order valence-electron chi connectivity index (χ1n) is 5.11. The zero-order chi connectivity index (χ0) is 10.5. The van der Waals surface area contributed by atoms with E-state index in [9.17, 15) is 10.2 Å². The molecule has 0 amide bonds. The molecule has 0 saturated carbocycles. The first kappa shape index (κ1) is 8.89. The summed E-state index contributed by atoms with van der Waals surface area (Å²) in [5.41, 5.74) is 2.30. The average Bonchev–Trinajstić information content (AvgIpc) is 2.16. The Morgan fingerprint density at radius 1 is 1.20 bits per heavy atom. The van der Waals surface area contributed by atoms with Gasteiger partial charge in [-0.3, -0.25) is 0 Å². The van der Waals surface area contributed by atoms with Crippen LogP contribution in [0.5, 0.6) is 0 Å². The Bertz CT molecular complexity index is 565. The van der Waals surface area contributed by atoms with E-state index in [0.29, 0.717) is 0 Å². The highest BCUT2D eigenvalue weighted by atomic mass is 16.5. The van der Waals surface area contributed by atoms with Crippen LogP contribution in [0.4, 0.5) is 0 Å². The highest BCUT2D eigenvalue weighted by Crippen LogP contribution is 2.21. The molecule has 2 aliphatic carbocycles. The Labute approximate surface area is 87.5 Å². The van der Waals surface area contributed by atoms with Crippen molar-refractivity contribution in [3.8, 4) is 0 Å². The van der Waals surface area contributed by atoms with E-state index in [2.05, 4.69) is 12.1 Å². The van der Waals surface area contributed by atoms with Crippen molar-refractivity contribution in [2.45, 2.75) is 18.6 Å². The van der Waals surface area contributed by atoms with Crippen LogP contribution in [0.25, 0.3) is 11.6 Å². The molecule has 3 rings (SSSR count). The normalized spacial score (nSPS) is 20.8. The molecule has 0 heterocycles. The minimum atomic E-state index is -1.69. The molecule has 2 nitrogen and oxygen atoms in total. The highest BCUT2D eigenvalue weighted by Gasteiger charge is 2.25. The number of rotatable bonds is 0. The SMILES string of the molecule is OC1(O)C=c2cccc3c2=C(C=CC3)C1. The lowest BCUT2D eigenvalue weighted by atomic mass is 9.88. The molecule has 1 aromatic rings. The van der Waals surface area contributed by atoms with Gasteiger partial charge in [-0.05, 0) is 34.1 Å². The monoisotopic (exact) mass is 200 g/mol. The van der Waals surface area contributed by atoms with Gasteiger partial charge in [0, 0.05) is 6.42 Å². The molecular weight excluding hydrogens is 188 g/mol. The molecule has 0 saturated heterocycles. The van der Waals surface area contributed by atoms with Gasteiger partial charge in [-0.1, -0.05) is 30.4 Å². The van der Waals surface area contributed by atoms with Crippen LogP contribution in [0.2, 0.25) is 0 Å². The van der Waals surface area contributed by atoms with Crippen LogP contribution in [0.1, 0.15) is 12.0 Å². The summed E-state index contributed by atoms with van der Waals surface area (Å²) in [6, 6.07) is 5.99. The molecule has 0 atom stereocenters. The van der Waals surface area contributed by atoms with Gasteiger partial charge in [0.05, 0.1) is 0 Å². The lowest BCUT2D eigenvalue weighted by Gasteiger charge is -2.24. The molecule has 76 valence electrons. The molecule has 0 aromatic heterocycles. The topological polar surface area (TPSA) is 40.5 Å². The molecule has 0 aliphatic heterocycles. The summed E-state index contributed by atoms with van der Waals surface area (Å²) < 4.78 is 0. The maximum absolute atomic E-state index is 9.68. The first-order valence-corrected chi connectivity index (χ1v) is 5.11. The third-order valence-corrected chi connectivity index (χ3v) is 3.00. The molecular formula is C13H12O2. The van der Waals surface area contributed by atoms with Crippen LogP contribution in [0.3, 0.4) is 0 Å². The van der Waals surface area contributed by atoms with Crippen molar-refractivity contribution in [1.29, 1.82) is 0 Å². The van der Waals surface area contributed by atoms with Gasteiger partial charge < -0.3 is 10.2 Å². The number of hydrogen-bond donors (Lipinski definition) is 2. The summed E-state index contributed by atoms with van der Waals surface area (Å²) in [6.07, 6.45) is 6.83. The van der Waals surface area contributed by atoms with Gasteiger partial charge in [-0.2, -0.15) is 0 Å². The quantitative estimate of drug-likeness (QED) is 0.570. The summed E-state index contributed by atoms with van der Waals surface area (Å²) >= 11 is 0. The molecule has 1 aromatic carbocycles. The van der Waals surface area contributed by atoms with Crippen molar-refractivity contribution in [3.05, 3.63) is 46.4 Å². The first-order chi connectivity index (χ1) is 7.16. The third-order valence-electron chi connectivity index (χ3n) is 3.00. The number of hydrogen-bond acceptors (Lipinski definition) is 2. The van der Waals surface area contributed by atoms with Crippen LogP contribution in [0, 0.1) is 0 Å². The fourth-order valence-electron chi connectivity index (χ4n) is 2.44. The van der Waals surface area contributed by atoms with Gasteiger partial charge in [0.15, 0.2) is 5.79 Å². The Hall–Kier alpha value is -1.38. The van der Waals surface area contributed by atoms with E-state index < -0.39 is 5.79 Å². The average molecular weight is 200 g/mol. The van der Waals surface area contributed by atoms with Gasteiger partial charge in [-0.25, -0.2) is 0 Å². The molecule has 2 heteroatoms. The maximum atomic E-state index is 9.68. The fraction of sp³-hybridized carbons (Fsp3) is 0.231. The van der Waals surface area contributed by atoms with Crippen molar-refractivity contribution in [1.82, 2.24) is 0 Å². The summed E-state index contributed by atoms with van der Waals surface area (Å²) in [6.45, 7) is 0. The number of allylic oxidation sites excluding steroid dienone is 2. The van der Waals surface area contributed by atoms with Gasteiger partial charge in [-0.15, -0.1) is 0 Å². The molecule has 0 bridgehead atoms. The molecule has 0 radical (unpaired) electrons. The van der Waals surface area contributed by atoms with Crippen LogP contribution in [-0.2, 0) is 6.42 Å². The van der Waals surface area contributed by atoms with Crippen molar-refractivity contribution in [2.24, 2.45) is 0 Å². The van der Waals surface area contributed by atoms with E-state index in [4.69, 9.17) is 0 Å². The molecule has 15 heavy (non-hydrogen) atoms. The minimum Gasteiger partial charge on any atom is -0.362 e. The summed E-state index contributed by atoms with van der Waals surface area (Å²) in [5.74, 6) is -1.69. The van der Waals surface area contributed by atoms with Crippen molar-refractivity contribution < 1.29 is 10.2 Å². The lowest BCUT2D eigenvalue weighted by Crippen LogP contribution is -2.42. The Balaban J connectivity index is 2.46. The number of aliphatic hydroxyl groups is 2. The Kier molecular flexibility index (Phi) is 1.67. The van der Waals surface area contributed by atoms with Gasteiger partial charge in [0.2, 0.25) is 0 Å². The number of benzene rings is 1. The van der Waals surface area contributed by atoms with Gasteiger partial charge >= 0.3 is 0 Å². The van der Waals surface area contributed by atoms with Crippen LogP contribution >= 0.6 is 0 Å². The van der Waals surface area contributed by atoms with Crippen molar-refractivity contribution >= 4 is 11.6 Å². The standard InChI is InChI=1S/C13H12O2/c14-13(15)7-10-5-1-3-9-4-2-6-11(8-13)12(9)10/h1-3,5-7,14-15H,4,8H2. The zero-order valence-electron chi connectivity index (χ0n) is 8.27. The highest BCUT2D eigenvalue weighted by molar-refractivity contribution is 5.66. The Morgan fingerprint density at radius 2 is 2.07 bits per heavy atom. The lowest BCUT2D eigenvalue weighted by molar-refractivity contribution is -0.0982. The second-order valence-corrected chi connectivity index (χ2v) is 4.21. The predicted octanol–water partition coefficient (Wildman–Crippen LogP) is -0.185. The smallest absolute Gasteiger partial charge is 0.187 e. The maximum Gasteiger partial charge on any atom is 0.187 e. The molecule has 2 N–H and O–H groups in total. The van der Waals surface area contributed by atoms with E-state index in [-0.39, 0.29) is 6.42 Å². The summed E-state index contributed by atoms with van der Waals surface area (Å²) in [7, 11) is 0. The van der Waals surface area contributed by atoms with Gasteiger partial charge in [0.1, 0.15) is 0 Å². The zero-order valence-corrected chi connectivity index (χ0v) is 8.27. The summed E-state index contributed by atoms with van der Waals surface area (Å²) in [4.78, 5) is 0. The van der Waals surface area contributed by atoms with E-state index in [1.165, 1.54) is 16.9 Å². The minimum absolute atomic E-state index is 0.285.